The number of hydrogen-bond acceptors (Lipinski definition) is 4. The molecule has 1 unspecified atom stereocenters. The second-order valence-corrected chi connectivity index (χ2v) is 7.54. The Labute approximate surface area is 170 Å². The van der Waals surface area contributed by atoms with Crippen LogP contribution in [0.1, 0.15) is 46.4 Å². The van der Waals surface area contributed by atoms with Crippen molar-refractivity contribution < 1.29 is 14.3 Å². The Hall–Kier alpha value is -3.21. The van der Waals surface area contributed by atoms with Crippen LogP contribution in [0.2, 0.25) is 0 Å². The van der Waals surface area contributed by atoms with Gasteiger partial charge in [-0.3, -0.25) is 14.6 Å². The Morgan fingerprint density at radius 1 is 1.14 bits per heavy atom. The Bertz CT molecular complexity index is 1010. The molecule has 1 atom stereocenters. The van der Waals surface area contributed by atoms with Gasteiger partial charge in [0.2, 0.25) is 0 Å². The van der Waals surface area contributed by atoms with Crippen molar-refractivity contribution in [2.24, 2.45) is 5.92 Å². The first-order chi connectivity index (χ1) is 14.2. The van der Waals surface area contributed by atoms with E-state index in [0.29, 0.717) is 25.7 Å². The summed E-state index contributed by atoms with van der Waals surface area (Å²) in [7, 11) is 1.40. The molecule has 29 heavy (non-hydrogen) atoms. The molecule has 0 fully saturated rings. The predicted octanol–water partition coefficient (Wildman–Crippen LogP) is 4.37. The largest absolute Gasteiger partial charge is 0.469 e. The number of nitrogens with one attached hydrogen (secondary N) is 1. The molecule has 1 N–H and O–H groups in total. The summed E-state index contributed by atoms with van der Waals surface area (Å²) in [5.74, 6) is 0.0863. The number of fused-ring (bicyclic) bond motifs is 1. The number of pyridine rings is 1. The maximum atomic E-state index is 13.1. The Balaban J connectivity index is 1.70. The summed E-state index contributed by atoms with van der Waals surface area (Å²) in [5, 5.41) is 0. The molecule has 0 bridgehead atoms. The number of benzene rings is 1. The van der Waals surface area contributed by atoms with Crippen LogP contribution >= 0.6 is 0 Å². The smallest absolute Gasteiger partial charge is 0.305 e. The fraction of sp³-hybridized carbons (Fsp3) is 0.292. The standard InChI is InChI=1S/C24H24N2O3/c1-29-22(28)8-7-17-14-20-23(21(27)15-17)19(13-16-5-3-2-4-6-16)24(26-20)18-9-11-25-12-10-18/h2-6,9-12,17,26H,7-8,13-15H2,1H3. The van der Waals surface area contributed by atoms with Crippen LogP contribution in [-0.4, -0.2) is 28.8 Å². The number of ether oxygens (including phenoxy) is 1. The second-order valence-electron chi connectivity index (χ2n) is 7.54. The summed E-state index contributed by atoms with van der Waals surface area (Å²) >= 11 is 0. The van der Waals surface area contributed by atoms with Gasteiger partial charge in [-0.1, -0.05) is 30.3 Å². The predicted molar refractivity (Wildman–Crippen MR) is 111 cm³/mol. The third-order valence-electron chi connectivity index (χ3n) is 5.60. The van der Waals surface area contributed by atoms with Crippen molar-refractivity contribution in [1.29, 1.82) is 0 Å². The molecule has 5 nitrogen and oxygen atoms in total. The van der Waals surface area contributed by atoms with Crippen molar-refractivity contribution >= 4 is 11.8 Å². The fourth-order valence-electron chi connectivity index (χ4n) is 4.18. The number of carbonyl (C=O) groups is 2. The lowest BCUT2D eigenvalue weighted by Gasteiger charge is -2.21. The van der Waals surface area contributed by atoms with E-state index in [1.807, 2.05) is 30.3 Å². The Morgan fingerprint density at radius 3 is 2.62 bits per heavy atom. The molecular weight excluding hydrogens is 364 g/mol. The van der Waals surface area contributed by atoms with Crippen LogP contribution in [0.25, 0.3) is 11.3 Å². The number of carbonyl (C=O) groups excluding carboxylic acids is 2. The highest BCUT2D eigenvalue weighted by Gasteiger charge is 2.31. The lowest BCUT2D eigenvalue weighted by atomic mass is 9.82. The first-order valence-electron chi connectivity index (χ1n) is 9.93. The van der Waals surface area contributed by atoms with Crippen molar-refractivity contribution in [3.8, 4) is 11.3 Å². The number of hydrogen-bond donors (Lipinski definition) is 1. The number of rotatable bonds is 6. The molecule has 0 saturated heterocycles. The zero-order chi connectivity index (χ0) is 20.2. The van der Waals surface area contributed by atoms with Gasteiger partial charge in [0.25, 0.3) is 0 Å². The molecule has 3 aromatic rings. The number of nitrogens with zero attached hydrogens (tertiary/aromatic N) is 1. The minimum Gasteiger partial charge on any atom is -0.469 e. The summed E-state index contributed by atoms with van der Waals surface area (Å²) < 4.78 is 4.75. The number of methoxy groups -OCH3 is 1. The Kier molecular flexibility index (Phi) is 5.56. The van der Waals surface area contributed by atoms with Crippen LogP contribution in [0.3, 0.4) is 0 Å². The number of H-pyrrole nitrogens is 1. The van der Waals surface area contributed by atoms with E-state index in [1.165, 1.54) is 12.7 Å². The topological polar surface area (TPSA) is 72.1 Å². The van der Waals surface area contributed by atoms with Crippen molar-refractivity contribution in [2.75, 3.05) is 7.11 Å². The van der Waals surface area contributed by atoms with Crippen LogP contribution in [0.5, 0.6) is 0 Å². The highest BCUT2D eigenvalue weighted by Crippen LogP contribution is 2.37. The zero-order valence-corrected chi connectivity index (χ0v) is 16.5. The number of esters is 1. The van der Waals surface area contributed by atoms with E-state index in [4.69, 9.17) is 4.74 Å². The molecule has 4 rings (SSSR count). The summed E-state index contributed by atoms with van der Waals surface area (Å²) in [5.41, 5.74) is 6.05. The lowest BCUT2D eigenvalue weighted by molar-refractivity contribution is -0.140. The number of aromatic nitrogens is 2. The van der Waals surface area contributed by atoms with Crippen molar-refractivity contribution in [2.45, 2.75) is 32.1 Å². The van der Waals surface area contributed by atoms with Gasteiger partial charge in [-0.25, -0.2) is 0 Å². The summed E-state index contributed by atoms with van der Waals surface area (Å²) in [6, 6.07) is 14.1. The van der Waals surface area contributed by atoms with Gasteiger partial charge in [0, 0.05) is 48.5 Å². The molecule has 5 heteroatoms. The zero-order valence-electron chi connectivity index (χ0n) is 16.5. The minimum absolute atomic E-state index is 0.155. The quantitative estimate of drug-likeness (QED) is 0.637. The first kappa shape index (κ1) is 19.1. The van der Waals surface area contributed by atoms with E-state index >= 15 is 0 Å². The fourth-order valence-corrected chi connectivity index (χ4v) is 4.18. The number of ketones is 1. The van der Waals surface area contributed by atoms with Crippen LogP contribution < -0.4 is 0 Å². The normalized spacial score (nSPS) is 15.8. The van der Waals surface area contributed by atoms with E-state index in [-0.39, 0.29) is 17.7 Å². The Morgan fingerprint density at radius 2 is 1.90 bits per heavy atom. The third-order valence-corrected chi connectivity index (χ3v) is 5.60. The SMILES string of the molecule is COC(=O)CCC1CC(=O)c2c([nH]c(-c3ccncc3)c2Cc2ccccc2)C1. The van der Waals surface area contributed by atoms with Gasteiger partial charge in [0.1, 0.15) is 0 Å². The molecule has 0 spiro atoms. The van der Waals surface area contributed by atoms with Gasteiger partial charge in [0.05, 0.1) is 12.8 Å². The molecule has 148 valence electrons. The molecule has 0 saturated carbocycles. The molecule has 2 aromatic heterocycles. The first-order valence-corrected chi connectivity index (χ1v) is 9.93. The van der Waals surface area contributed by atoms with E-state index < -0.39 is 0 Å². The average molecular weight is 388 g/mol. The summed E-state index contributed by atoms with van der Waals surface area (Å²) in [6.07, 6.45) is 6.48. The van der Waals surface area contributed by atoms with E-state index in [2.05, 4.69) is 22.1 Å². The second kappa shape index (κ2) is 8.43. The third kappa shape index (κ3) is 4.14. The van der Waals surface area contributed by atoms with Crippen molar-refractivity contribution in [3.05, 3.63) is 77.2 Å². The van der Waals surface area contributed by atoms with Gasteiger partial charge in [0.15, 0.2) is 5.78 Å². The highest BCUT2D eigenvalue weighted by molar-refractivity contribution is 6.01. The molecule has 1 aliphatic rings. The molecule has 0 amide bonds. The number of aromatic amines is 1. The van der Waals surface area contributed by atoms with E-state index in [9.17, 15) is 9.59 Å². The van der Waals surface area contributed by atoms with Crippen LogP contribution in [0.4, 0.5) is 0 Å². The maximum Gasteiger partial charge on any atom is 0.305 e. The van der Waals surface area contributed by atoms with Crippen molar-refractivity contribution in [1.82, 2.24) is 9.97 Å². The molecule has 2 heterocycles. The van der Waals surface area contributed by atoms with Gasteiger partial charge >= 0.3 is 5.97 Å². The van der Waals surface area contributed by atoms with Gasteiger partial charge in [-0.15, -0.1) is 0 Å². The van der Waals surface area contributed by atoms with Crippen LogP contribution in [0.15, 0.2) is 54.9 Å². The number of Topliss-reactive ketones (excluding diaryl/α,β-unsaturated/α-hetero) is 1. The summed E-state index contributed by atoms with van der Waals surface area (Å²) in [4.78, 5) is 32.3. The molecule has 0 radical (unpaired) electrons. The van der Waals surface area contributed by atoms with Gasteiger partial charge < -0.3 is 9.72 Å². The monoisotopic (exact) mass is 388 g/mol. The lowest BCUT2D eigenvalue weighted by Crippen LogP contribution is -2.21. The molecule has 1 aliphatic carbocycles. The van der Waals surface area contributed by atoms with Gasteiger partial charge in [-0.2, -0.15) is 0 Å². The highest BCUT2D eigenvalue weighted by atomic mass is 16.5. The van der Waals surface area contributed by atoms with Crippen LogP contribution in [0, 0.1) is 5.92 Å². The average Bonchev–Trinajstić information content (AvgIpc) is 3.12. The summed E-state index contributed by atoms with van der Waals surface area (Å²) in [6.45, 7) is 0. The minimum atomic E-state index is -0.225. The van der Waals surface area contributed by atoms with E-state index in [1.54, 1.807) is 12.4 Å². The molecule has 1 aromatic carbocycles. The van der Waals surface area contributed by atoms with Gasteiger partial charge in [-0.05, 0) is 42.0 Å². The van der Waals surface area contributed by atoms with E-state index in [0.717, 1.165) is 34.5 Å². The molecular formula is C24H24N2O3. The molecule has 0 aliphatic heterocycles. The van der Waals surface area contributed by atoms with Crippen LogP contribution in [-0.2, 0) is 22.4 Å². The van der Waals surface area contributed by atoms with Crippen molar-refractivity contribution in [3.63, 3.8) is 0 Å². The maximum absolute atomic E-state index is 13.1.